The number of halogens is 2. The van der Waals surface area contributed by atoms with Crippen LogP contribution in [0.5, 0.6) is 0 Å². The number of nitrogens with one attached hydrogen (secondary N) is 1. The Morgan fingerprint density at radius 1 is 1.00 bits per heavy atom. The van der Waals surface area contributed by atoms with Crippen LogP contribution in [0.15, 0.2) is 77.0 Å². The number of hydrogen-bond donors (Lipinski definition) is 1. The van der Waals surface area contributed by atoms with Crippen LogP contribution in [0, 0.1) is 19.7 Å². The first-order chi connectivity index (χ1) is 16.8. The monoisotopic (exact) mass is 488 g/mol. The van der Waals surface area contributed by atoms with Gasteiger partial charge in [0.05, 0.1) is 17.3 Å². The number of rotatable bonds is 4. The third kappa shape index (κ3) is 4.31. The summed E-state index contributed by atoms with van der Waals surface area (Å²) in [5, 5.41) is 7.79. The molecule has 6 nitrogen and oxygen atoms in total. The molecule has 1 N–H and O–H groups in total. The molecule has 1 aliphatic heterocycles. The van der Waals surface area contributed by atoms with Gasteiger partial charge in [0.15, 0.2) is 0 Å². The Hall–Kier alpha value is -3.97. The van der Waals surface area contributed by atoms with Crippen molar-refractivity contribution < 1.29 is 13.7 Å². The van der Waals surface area contributed by atoms with Crippen molar-refractivity contribution in [3.63, 3.8) is 0 Å². The second kappa shape index (κ2) is 9.00. The van der Waals surface area contributed by atoms with E-state index >= 15 is 0 Å². The van der Waals surface area contributed by atoms with Crippen LogP contribution in [-0.4, -0.2) is 16.2 Å². The molecule has 0 spiro atoms. The zero-order chi connectivity index (χ0) is 24.7. The van der Waals surface area contributed by atoms with Gasteiger partial charge in [0.1, 0.15) is 5.82 Å². The highest BCUT2D eigenvalue weighted by Crippen LogP contribution is 2.39. The molecule has 0 saturated heterocycles. The molecule has 0 aliphatic carbocycles. The van der Waals surface area contributed by atoms with Crippen molar-refractivity contribution in [3.8, 4) is 11.4 Å². The van der Waals surface area contributed by atoms with Crippen LogP contribution >= 0.6 is 11.6 Å². The van der Waals surface area contributed by atoms with Crippen LogP contribution in [0.2, 0.25) is 5.02 Å². The summed E-state index contributed by atoms with van der Waals surface area (Å²) in [5.74, 6) is 0.267. The van der Waals surface area contributed by atoms with Crippen molar-refractivity contribution in [3.05, 3.63) is 106 Å². The standard InChI is InChI=1S/C27H22ClFN4O2/c1-15-7-8-18(13-16(15)2)24-23(26-31-25(32-35-26)19-5-4-6-20(28)14-19)17(3)33(27(34)30-24)22-11-9-21(29)10-12-22/h4-14,24H,1-3H3,(H,30,34). The van der Waals surface area contributed by atoms with Crippen molar-refractivity contribution in [2.24, 2.45) is 0 Å². The van der Waals surface area contributed by atoms with Gasteiger partial charge in [0.2, 0.25) is 5.82 Å². The number of aryl methyl sites for hydroxylation is 2. The van der Waals surface area contributed by atoms with Crippen LogP contribution in [0.4, 0.5) is 14.9 Å². The highest BCUT2D eigenvalue weighted by Gasteiger charge is 2.36. The van der Waals surface area contributed by atoms with Gasteiger partial charge in [-0.1, -0.05) is 47.1 Å². The van der Waals surface area contributed by atoms with Gasteiger partial charge in [-0.15, -0.1) is 0 Å². The predicted octanol–water partition coefficient (Wildman–Crippen LogP) is 6.85. The smallest absolute Gasteiger partial charge is 0.326 e. The molecule has 2 heterocycles. The number of urea groups is 1. The molecular weight excluding hydrogens is 467 g/mol. The summed E-state index contributed by atoms with van der Waals surface area (Å²) in [6.45, 7) is 5.87. The molecule has 1 unspecified atom stereocenters. The maximum atomic E-state index is 13.6. The molecule has 3 aromatic carbocycles. The summed E-state index contributed by atoms with van der Waals surface area (Å²) >= 11 is 6.14. The lowest BCUT2D eigenvalue weighted by atomic mass is 9.92. The van der Waals surface area contributed by atoms with Gasteiger partial charge >= 0.3 is 6.03 Å². The van der Waals surface area contributed by atoms with E-state index in [0.717, 1.165) is 16.7 Å². The molecule has 8 heteroatoms. The number of carbonyl (C=O) groups excluding carboxylic acids is 1. The minimum Gasteiger partial charge on any atom is -0.334 e. The van der Waals surface area contributed by atoms with E-state index in [2.05, 4.69) is 15.5 Å². The van der Waals surface area contributed by atoms with E-state index < -0.39 is 6.04 Å². The zero-order valence-corrected chi connectivity index (χ0v) is 20.1. The Morgan fingerprint density at radius 3 is 2.49 bits per heavy atom. The van der Waals surface area contributed by atoms with Gasteiger partial charge in [-0.05, 0) is 73.9 Å². The maximum Gasteiger partial charge on any atom is 0.326 e. The van der Waals surface area contributed by atoms with Gasteiger partial charge in [0.25, 0.3) is 5.89 Å². The molecular formula is C27H22ClFN4O2. The Kier molecular flexibility index (Phi) is 5.86. The van der Waals surface area contributed by atoms with E-state index in [0.29, 0.717) is 33.4 Å². The summed E-state index contributed by atoms with van der Waals surface area (Å²) < 4.78 is 19.3. The molecule has 5 rings (SSSR count). The van der Waals surface area contributed by atoms with Crippen LogP contribution in [-0.2, 0) is 0 Å². The van der Waals surface area contributed by atoms with Crippen molar-refractivity contribution in [1.82, 2.24) is 15.5 Å². The van der Waals surface area contributed by atoms with Crippen LogP contribution < -0.4 is 10.2 Å². The first-order valence-electron chi connectivity index (χ1n) is 11.1. The minimum absolute atomic E-state index is 0.271. The molecule has 35 heavy (non-hydrogen) atoms. The van der Waals surface area contributed by atoms with Crippen molar-refractivity contribution in [2.75, 3.05) is 4.90 Å². The summed E-state index contributed by atoms with van der Waals surface area (Å²) in [7, 11) is 0. The molecule has 1 aromatic heterocycles. The van der Waals surface area contributed by atoms with Gasteiger partial charge in [-0.3, -0.25) is 4.90 Å². The number of hydrogen-bond acceptors (Lipinski definition) is 4. The number of benzene rings is 3. The van der Waals surface area contributed by atoms with E-state index in [1.807, 2.05) is 51.1 Å². The number of anilines is 1. The molecule has 176 valence electrons. The topological polar surface area (TPSA) is 71.3 Å². The Morgan fingerprint density at radius 2 is 1.77 bits per heavy atom. The van der Waals surface area contributed by atoms with E-state index in [1.165, 1.54) is 17.0 Å². The van der Waals surface area contributed by atoms with Gasteiger partial charge < -0.3 is 9.84 Å². The van der Waals surface area contributed by atoms with Crippen molar-refractivity contribution >= 4 is 28.9 Å². The third-order valence-corrected chi connectivity index (χ3v) is 6.41. The Bertz CT molecular complexity index is 1460. The molecule has 0 fully saturated rings. The summed E-state index contributed by atoms with van der Waals surface area (Å²) in [5.41, 5.74) is 5.61. The van der Waals surface area contributed by atoms with E-state index in [4.69, 9.17) is 16.1 Å². The molecule has 0 radical (unpaired) electrons. The highest BCUT2D eigenvalue weighted by atomic mass is 35.5. The highest BCUT2D eigenvalue weighted by molar-refractivity contribution is 6.30. The van der Waals surface area contributed by atoms with Crippen molar-refractivity contribution in [1.29, 1.82) is 0 Å². The second-order valence-electron chi connectivity index (χ2n) is 8.47. The van der Waals surface area contributed by atoms with Crippen LogP contribution in [0.3, 0.4) is 0 Å². The lowest BCUT2D eigenvalue weighted by Gasteiger charge is -2.35. The zero-order valence-electron chi connectivity index (χ0n) is 19.3. The van der Waals surface area contributed by atoms with Crippen LogP contribution in [0.1, 0.15) is 35.5 Å². The molecule has 1 aliphatic rings. The first-order valence-corrected chi connectivity index (χ1v) is 11.4. The largest absolute Gasteiger partial charge is 0.334 e. The maximum absolute atomic E-state index is 13.6. The summed E-state index contributed by atoms with van der Waals surface area (Å²) in [6, 6.07) is 18.1. The van der Waals surface area contributed by atoms with E-state index in [1.54, 1.807) is 24.3 Å². The Balaban J connectivity index is 1.67. The number of aromatic nitrogens is 2. The lowest BCUT2D eigenvalue weighted by Crippen LogP contribution is -2.46. The number of carbonyl (C=O) groups is 1. The number of allylic oxidation sites excluding steroid dienone is 1. The molecule has 2 amide bonds. The fourth-order valence-corrected chi connectivity index (χ4v) is 4.38. The van der Waals surface area contributed by atoms with E-state index in [-0.39, 0.29) is 17.7 Å². The van der Waals surface area contributed by atoms with Crippen LogP contribution in [0.25, 0.3) is 17.0 Å². The second-order valence-corrected chi connectivity index (χ2v) is 8.91. The third-order valence-electron chi connectivity index (χ3n) is 6.17. The SMILES string of the molecule is CC1=C(c2nc(-c3cccc(Cl)c3)no2)C(c2ccc(C)c(C)c2)NC(=O)N1c1ccc(F)cc1. The van der Waals surface area contributed by atoms with Crippen molar-refractivity contribution in [2.45, 2.75) is 26.8 Å². The Labute approximate surface area is 207 Å². The quantitative estimate of drug-likeness (QED) is 0.341. The number of nitrogens with zero attached hydrogens (tertiary/aromatic N) is 3. The summed E-state index contributed by atoms with van der Waals surface area (Å²) in [4.78, 5) is 19.4. The van der Waals surface area contributed by atoms with Gasteiger partial charge in [0, 0.05) is 16.3 Å². The average molecular weight is 489 g/mol. The normalized spacial score (nSPS) is 16.0. The fraction of sp³-hybridized carbons (Fsp3) is 0.148. The molecule has 1 atom stereocenters. The minimum atomic E-state index is -0.522. The number of amides is 2. The molecule has 0 saturated carbocycles. The lowest BCUT2D eigenvalue weighted by molar-refractivity contribution is 0.244. The fourth-order valence-electron chi connectivity index (χ4n) is 4.19. The van der Waals surface area contributed by atoms with Gasteiger partial charge in [-0.2, -0.15) is 4.98 Å². The summed E-state index contributed by atoms with van der Waals surface area (Å²) in [6.07, 6.45) is 0. The first kappa shape index (κ1) is 22.8. The van der Waals surface area contributed by atoms with E-state index in [9.17, 15) is 9.18 Å². The molecule has 4 aromatic rings. The molecule has 0 bridgehead atoms. The predicted molar refractivity (Wildman–Crippen MR) is 133 cm³/mol. The van der Waals surface area contributed by atoms with Gasteiger partial charge in [-0.25, -0.2) is 9.18 Å². The average Bonchev–Trinajstić information content (AvgIpc) is 3.31.